The summed E-state index contributed by atoms with van der Waals surface area (Å²) in [5, 5.41) is 8.98. The molecule has 0 atom stereocenters. The predicted molar refractivity (Wildman–Crippen MR) is 57.3 cm³/mol. The number of rotatable bonds is 3. The molecule has 0 aliphatic heterocycles. The molecule has 4 heteroatoms. The Bertz CT molecular complexity index is 472. The van der Waals surface area contributed by atoms with Crippen LogP contribution in [0.15, 0.2) is 12.1 Å². The lowest BCUT2D eigenvalue weighted by Crippen LogP contribution is -2.08. The Kier molecular flexibility index (Phi) is 3.78. The van der Waals surface area contributed by atoms with E-state index in [1.54, 1.807) is 0 Å². The van der Waals surface area contributed by atoms with Crippen molar-refractivity contribution in [2.75, 3.05) is 7.11 Å². The van der Waals surface area contributed by atoms with Gasteiger partial charge in [0, 0.05) is 5.56 Å². The average molecular weight is 217 g/mol. The van der Waals surface area contributed by atoms with Gasteiger partial charge in [-0.3, -0.25) is 4.79 Å². The Morgan fingerprint density at radius 3 is 2.69 bits per heavy atom. The van der Waals surface area contributed by atoms with Crippen LogP contribution in [0.5, 0.6) is 0 Å². The van der Waals surface area contributed by atoms with Crippen LogP contribution in [0.1, 0.15) is 38.8 Å². The van der Waals surface area contributed by atoms with E-state index in [2.05, 4.69) is 4.74 Å². The van der Waals surface area contributed by atoms with Gasteiger partial charge >= 0.3 is 5.97 Å². The third-order valence-corrected chi connectivity index (χ3v) is 2.34. The van der Waals surface area contributed by atoms with Gasteiger partial charge in [0.15, 0.2) is 6.29 Å². The fourth-order valence-electron chi connectivity index (χ4n) is 1.56. The first kappa shape index (κ1) is 11.9. The van der Waals surface area contributed by atoms with Crippen LogP contribution in [0.2, 0.25) is 0 Å². The van der Waals surface area contributed by atoms with Crippen molar-refractivity contribution >= 4 is 12.3 Å². The van der Waals surface area contributed by atoms with Gasteiger partial charge in [-0.05, 0) is 24.1 Å². The van der Waals surface area contributed by atoms with Gasteiger partial charge in [0.1, 0.15) is 6.07 Å². The van der Waals surface area contributed by atoms with E-state index in [0.29, 0.717) is 29.4 Å². The molecule has 1 aromatic rings. The monoisotopic (exact) mass is 217 g/mol. The first-order chi connectivity index (χ1) is 7.69. The summed E-state index contributed by atoms with van der Waals surface area (Å²) in [6, 6.07) is 4.91. The van der Waals surface area contributed by atoms with Crippen molar-refractivity contribution in [1.82, 2.24) is 0 Å². The maximum absolute atomic E-state index is 11.4. The standard InChI is InChI=1S/C12H11NO3/c1-3-9-10(12(15)16-2)5-4-8(7-14)11(9)6-13/h4-5,7H,3H2,1-2H3. The molecule has 0 aromatic heterocycles. The summed E-state index contributed by atoms with van der Waals surface area (Å²) < 4.78 is 4.62. The van der Waals surface area contributed by atoms with Crippen LogP contribution in [-0.2, 0) is 11.2 Å². The van der Waals surface area contributed by atoms with E-state index < -0.39 is 5.97 Å². The van der Waals surface area contributed by atoms with Crippen molar-refractivity contribution in [3.05, 3.63) is 34.4 Å². The molecule has 0 saturated carbocycles. The molecular weight excluding hydrogens is 206 g/mol. The number of esters is 1. The predicted octanol–water partition coefficient (Wildman–Crippen LogP) is 1.72. The minimum Gasteiger partial charge on any atom is -0.465 e. The first-order valence-corrected chi connectivity index (χ1v) is 4.79. The van der Waals surface area contributed by atoms with E-state index in [4.69, 9.17) is 5.26 Å². The van der Waals surface area contributed by atoms with Crippen LogP contribution < -0.4 is 0 Å². The van der Waals surface area contributed by atoms with E-state index in [0.717, 1.165) is 0 Å². The minimum absolute atomic E-state index is 0.250. The van der Waals surface area contributed by atoms with Crippen LogP contribution in [0.25, 0.3) is 0 Å². The smallest absolute Gasteiger partial charge is 0.338 e. The highest BCUT2D eigenvalue weighted by Gasteiger charge is 2.16. The number of carbonyl (C=O) groups is 2. The Morgan fingerprint density at radius 2 is 2.25 bits per heavy atom. The quantitative estimate of drug-likeness (QED) is 0.571. The molecule has 82 valence electrons. The van der Waals surface area contributed by atoms with Crippen molar-refractivity contribution in [2.24, 2.45) is 0 Å². The van der Waals surface area contributed by atoms with Crippen molar-refractivity contribution in [3.63, 3.8) is 0 Å². The van der Waals surface area contributed by atoms with Gasteiger partial charge in [-0.15, -0.1) is 0 Å². The zero-order valence-electron chi connectivity index (χ0n) is 9.11. The normalized spacial score (nSPS) is 9.31. The molecule has 0 N–H and O–H groups in total. The average Bonchev–Trinajstić information content (AvgIpc) is 2.35. The molecule has 16 heavy (non-hydrogen) atoms. The highest BCUT2D eigenvalue weighted by Crippen LogP contribution is 2.19. The van der Waals surface area contributed by atoms with Crippen molar-refractivity contribution in [3.8, 4) is 6.07 Å². The van der Waals surface area contributed by atoms with Gasteiger partial charge < -0.3 is 4.74 Å². The number of hydrogen-bond acceptors (Lipinski definition) is 4. The van der Waals surface area contributed by atoms with Crippen LogP contribution >= 0.6 is 0 Å². The summed E-state index contributed by atoms with van der Waals surface area (Å²) in [6.45, 7) is 1.82. The maximum Gasteiger partial charge on any atom is 0.338 e. The van der Waals surface area contributed by atoms with Crippen LogP contribution in [0.3, 0.4) is 0 Å². The van der Waals surface area contributed by atoms with E-state index >= 15 is 0 Å². The van der Waals surface area contributed by atoms with E-state index in [9.17, 15) is 9.59 Å². The first-order valence-electron chi connectivity index (χ1n) is 4.79. The molecule has 4 nitrogen and oxygen atoms in total. The second kappa shape index (κ2) is 5.08. The second-order valence-corrected chi connectivity index (χ2v) is 3.13. The number of hydrogen-bond donors (Lipinski definition) is 0. The molecule has 0 spiro atoms. The zero-order valence-corrected chi connectivity index (χ0v) is 9.11. The summed E-state index contributed by atoms with van der Waals surface area (Å²) in [4.78, 5) is 22.2. The Labute approximate surface area is 93.5 Å². The molecular formula is C12H11NO3. The summed E-state index contributed by atoms with van der Waals surface area (Å²) in [7, 11) is 1.28. The number of aldehydes is 1. The van der Waals surface area contributed by atoms with E-state index in [1.807, 2.05) is 13.0 Å². The molecule has 0 unspecified atom stereocenters. The fourth-order valence-corrected chi connectivity index (χ4v) is 1.56. The van der Waals surface area contributed by atoms with Crippen LogP contribution in [0, 0.1) is 11.3 Å². The van der Waals surface area contributed by atoms with Gasteiger partial charge in [-0.1, -0.05) is 6.92 Å². The van der Waals surface area contributed by atoms with E-state index in [-0.39, 0.29) is 5.56 Å². The number of methoxy groups -OCH3 is 1. The zero-order chi connectivity index (χ0) is 12.1. The third kappa shape index (κ3) is 1.94. The molecule has 0 amide bonds. The molecule has 1 rings (SSSR count). The lowest BCUT2D eigenvalue weighted by Gasteiger charge is -2.09. The minimum atomic E-state index is -0.495. The van der Waals surface area contributed by atoms with Crippen molar-refractivity contribution < 1.29 is 14.3 Å². The van der Waals surface area contributed by atoms with Crippen molar-refractivity contribution in [1.29, 1.82) is 5.26 Å². The number of nitriles is 1. The van der Waals surface area contributed by atoms with Gasteiger partial charge in [0.25, 0.3) is 0 Å². The van der Waals surface area contributed by atoms with Gasteiger partial charge in [0.05, 0.1) is 18.2 Å². The topological polar surface area (TPSA) is 67.2 Å². The molecule has 0 radical (unpaired) electrons. The van der Waals surface area contributed by atoms with E-state index in [1.165, 1.54) is 19.2 Å². The Hall–Kier alpha value is -2.15. The van der Waals surface area contributed by atoms with Gasteiger partial charge in [0.2, 0.25) is 0 Å². The molecule has 0 heterocycles. The highest BCUT2D eigenvalue weighted by atomic mass is 16.5. The highest BCUT2D eigenvalue weighted by molar-refractivity contribution is 5.93. The van der Waals surface area contributed by atoms with Gasteiger partial charge in [-0.2, -0.15) is 5.26 Å². The van der Waals surface area contributed by atoms with Crippen LogP contribution in [-0.4, -0.2) is 19.4 Å². The molecule has 0 saturated heterocycles. The summed E-state index contributed by atoms with van der Waals surface area (Å²) in [5.74, 6) is -0.495. The van der Waals surface area contributed by atoms with Gasteiger partial charge in [-0.25, -0.2) is 4.79 Å². The lowest BCUT2D eigenvalue weighted by atomic mass is 9.95. The number of carbonyl (C=O) groups excluding carboxylic acids is 2. The summed E-state index contributed by atoms with van der Waals surface area (Å²) in [5.41, 5.74) is 1.44. The second-order valence-electron chi connectivity index (χ2n) is 3.13. The number of ether oxygens (including phenoxy) is 1. The summed E-state index contributed by atoms with van der Waals surface area (Å²) in [6.07, 6.45) is 1.10. The largest absolute Gasteiger partial charge is 0.465 e. The summed E-state index contributed by atoms with van der Waals surface area (Å²) >= 11 is 0. The molecule has 0 fully saturated rings. The maximum atomic E-state index is 11.4. The molecule has 1 aromatic carbocycles. The molecule has 0 aliphatic rings. The SMILES string of the molecule is CCc1c(C(=O)OC)ccc(C=O)c1C#N. The molecule has 0 aliphatic carbocycles. The van der Waals surface area contributed by atoms with Crippen molar-refractivity contribution in [2.45, 2.75) is 13.3 Å². The Morgan fingerprint density at radius 1 is 1.56 bits per heavy atom. The Balaban J connectivity index is 3.50. The molecule has 0 bridgehead atoms. The number of nitrogens with zero attached hydrogens (tertiary/aromatic N) is 1. The third-order valence-electron chi connectivity index (χ3n) is 2.34. The van der Waals surface area contributed by atoms with Crippen LogP contribution in [0.4, 0.5) is 0 Å². The number of benzene rings is 1. The fraction of sp³-hybridized carbons (Fsp3) is 0.250. The lowest BCUT2D eigenvalue weighted by molar-refractivity contribution is 0.0599.